The van der Waals surface area contributed by atoms with Crippen LogP contribution >= 0.6 is 39.9 Å². The van der Waals surface area contributed by atoms with Crippen molar-refractivity contribution in [2.75, 3.05) is 31.6 Å². The Labute approximate surface area is 152 Å². The highest BCUT2D eigenvalue weighted by atomic mass is 127. The zero-order chi connectivity index (χ0) is 14.4. The molecule has 21 heavy (non-hydrogen) atoms. The Hall–Kier alpha value is -0.500. The fourth-order valence-electron chi connectivity index (χ4n) is 2.40. The molecule has 0 spiro atoms. The molecule has 1 heterocycles. The van der Waals surface area contributed by atoms with Gasteiger partial charge >= 0.3 is 0 Å². The molecule has 1 saturated heterocycles. The zero-order valence-electron chi connectivity index (χ0n) is 12.6. The van der Waals surface area contributed by atoms with Crippen LogP contribution in [0.1, 0.15) is 19.8 Å². The molecule has 2 rings (SSSR count). The molecule has 1 atom stereocenters. The third-order valence-corrected chi connectivity index (χ3v) is 4.02. The lowest BCUT2D eigenvalue weighted by atomic mass is 10.3. The predicted molar refractivity (Wildman–Crippen MR) is 105 cm³/mol. The predicted octanol–water partition coefficient (Wildman–Crippen LogP) is 3.22. The SMILES string of the molecule is CCCNC(=NC)NC1CCN(c2ccc(Br)cc2)C1.I. The molecule has 1 aliphatic heterocycles. The third kappa shape index (κ3) is 5.65. The Balaban J connectivity index is 0.00000220. The summed E-state index contributed by atoms with van der Waals surface area (Å²) in [5.74, 6) is 0.912. The number of guanidine groups is 1. The molecule has 0 amide bonds. The topological polar surface area (TPSA) is 39.7 Å². The Morgan fingerprint density at radius 1 is 1.38 bits per heavy atom. The van der Waals surface area contributed by atoms with Gasteiger partial charge in [-0.2, -0.15) is 0 Å². The van der Waals surface area contributed by atoms with Gasteiger partial charge in [0, 0.05) is 42.9 Å². The van der Waals surface area contributed by atoms with Crippen LogP contribution in [0.2, 0.25) is 0 Å². The van der Waals surface area contributed by atoms with Gasteiger partial charge in [-0.3, -0.25) is 4.99 Å². The number of benzene rings is 1. The van der Waals surface area contributed by atoms with Crippen LogP contribution in [0.5, 0.6) is 0 Å². The fraction of sp³-hybridized carbons (Fsp3) is 0.533. The molecule has 0 bridgehead atoms. The minimum Gasteiger partial charge on any atom is -0.369 e. The largest absolute Gasteiger partial charge is 0.369 e. The summed E-state index contributed by atoms with van der Waals surface area (Å²) in [7, 11) is 1.83. The van der Waals surface area contributed by atoms with E-state index in [2.05, 4.69) is 67.6 Å². The van der Waals surface area contributed by atoms with E-state index in [4.69, 9.17) is 0 Å². The molecule has 1 fully saturated rings. The first-order valence-electron chi connectivity index (χ1n) is 7.20. The van der Waals surface area contributed by atoms with Crippen LogP contribution in [0.4, 0.5) is 5.69 Å². The summed E-state index contributed by atoms with van der Waals surface area (Å²) in [4.78, 5) is 6.68. The van der Waals surface area contributed by atoms with Gasteiger partial charge in [-0.1, -0.05) is 22.9 Å². The monoisotopic (exact) mass is 466 g/mol. The van der Waals surface area contributed by atoms with Crippen molar-refractivity contribution >= 4 is 51.6 Å². The van der Waals surface area contributed by atoms with E-state index in [0.29, 0.717) is 6.04 Å². The van der Waals surface area contributed by atoms with Gasteiger partial charge in [0.1, 0.15) is 0 Å². The molecule has 0 aromatic heterocycles. The molecular weight excluding hydrogens is 443 g/mol. The maximum Gasteiger partial charge on any atom is 0.191 e. The minimum absolute atomic E-state index is 0. The first-order chi connectivity index (χ1) is 9.72. The maximum atomic E-state index is 4.27. The van der Waals surface area contributed by atoms with E-state index in [9.17, 15) is 0 Å². The number of halogens is 2. The molecule has 1 aromatic carbocycles. The van der Waals surface area contributed by atoms with Gasteiger partial charge in [0.05, 0.1) is 0 Å². The minimum atomic E-state index is 0. The Kier molecular flexibility index (Phi) is 8.39. The summed E-state index contributed by atoms with van der Waals surface area (Å²) in [5.41, 5.74) is 1.29. The molecule has 1 aromatic rings. The van der Waals surface area contributed by atoms with Crippen molar-refractivity contribution in [1.82, 2.24) is 10.6 Å². The van der Waals surface area contributed by atoms with Crippen molar-refractivity contribution in [2.24, 2.45) is 4.99 Å². The van der Waals surface area contributed by atoms with E-state index < -0.39 is 0 Å². The molecule has 0 aliphatic carbocycles. The molecular formula is C15H24BrIN4. The number of nitrogens with one attached hydrogen (secondary N) is 2. The lowest BCUT2D eigenvalue weighted by Crippen LogP contribution is -2.44. The number of rotatable bonds is 4. The molecule has 1 unspecified atom stereocenters. The van der Waals surface area contributed by atoms with Crippen LogP contribution < -0.4 is 15.5 Å². The average Bonchev–Trinajstić information content (AvgIpc) is 2.92. The van der Waals surface area contributed by atoms with E-state index in [0.717, 1.165) is 42.9 Å². The van der Waals surface area contributed by atoms with Gasteiger partial charge in [0.2, 0.25) is 0 Å². The van der Waals surface area contributed by atoms with Gasteiger partial charge in [0.25, 0.3) is 0 Å². The number of anilines is 1. The molecule has 4 nitrogen and oxygen atoms in total. The van der Waals surface area contributed by atoms with Crippen molar-refractivity contribution < 1.29 is 0 Å². The van der Waals surface area contributed by atoms with Gasteiger partial charge in [-0.15, -0.1) is 24.0 Å². The van der Waals surface area contributed by atoms with Crippen molar-refractivity contribution in [3.05, 3.63) is 28.7 Å². The van der Waals surface area contributed by atoms with E-state index >= 15 is 0 Å². The quantitative estimate of drug-likeness (QED) is 0.406. The lowest BCUT2D eigenvalue weighted by Gasteiger charge is -2.20. The van der Waals surface area contributed by atoms with Crippen LogP contribution in [-0.2, 0) is 0 Å². The molecule has 2 N–H and O–H groups in total. The van der Waals surface area contributed by atoms with Crippen molar-refractivity contribution in [3.63, 3.8) is 0 Å². The second-order valence-corrected chi connectivity index (χ2v) is 5.97. The molecule has 1 aliphatic rings. The summed E-state index contributed by atoms with van der Waals surface area (Å²) < 4.78 is 1.12. The van der Waals surface area contributed by atoms with Gasteiger partial charge in [0.15, 0.2) is 5.96 Å². The van der Waals surface area contributed by atoms with Crippen LogP contribution in [0, 0.1) is 0 Å². The first-order valence-corrected chi connectivity index (χ1v) is 8.00. The average molecular weight is 467 g/mol. The standard InChI is InChI=1S/C15H23BrN4.HI/c1-3-9-18-15(17-2)19-13-8-10-20(11-13)14-6-4-12(16)5-7-14;/h4-7,13H,3,8-11H2,1-2H3,(H2,17,18,19);1H. The summed E-state index contributed by atoms with van der Waals surface area (Å²) in [5, 5.41) is 6.82. The van der Waals surface area contributed by atoms with Gasteiger partial charge < -0.3 is 15.5 Å². The third-order valence-electron chi connectivity index (χ3n) is 3.49. The Morgan fingerprint density at radius 3 is 2.71 bits per heavy atom. The van der Waals surface area contributed by atoms with Crippen molar-refractivity contribution in [2.45, 2.75) is 25.8 Å². The van der Waals surface area contributed by atoms with Crippen LogP contribution in [-0.4, -0.2) is 38.7 Å². The van der Waals surface area contributed by atoms with E-state index in [-0.39, 0.29) is 24.0 Å². The highest BCUT2D eigenvalue weighted by Crippen LogP contribution is 2.22. The molecule has 0 saturated carbocycles. The normalized spacial score (nSPS) is 18.3. The molecule has 6 heteroatoms. The summed E-state index contributed by atoms with van der Waals surface area (Å²) >= 11 is 3.48. The van der Waals surface area contributed by atoms with Crippen LogP contribution in [0.25, 0.3) is 0 Å². The number of aliphatic imine (C=N–C) groups is 1. The highest BCUT2D eigenvalue weighted by molar-refractivity contribution is 14.0. The summed E-state index contributed by atoms with van der Waals surface area (Å²) in [6, 6.07) is 8.98. The lowest BCUT2D eigenvalue weighted by molar-refractivity contribution is 0.647. The van der Waals surface area contributed by atoms with Crippen LogP contribution in [0.15, 0.2) is 33.7 Å². The highest BCUT2D eigenvalue weighted by Gasteiger charge is 2.23. The fourth-order valence-corrected chi connectivity index (χ4v) is 2.66. The Morgan fingerprint density at radius 2 is 2.10 bits per heavy atom. The Bertz CT molecular complexity index is 449. The second kappa shape index (κ2) is 9.50. The second-order valence-electron chi connectivity index (χ2n) is 5.05. The first kappa shape index (κ1) is 18.5. The number of hydrogen-bond donors (Lipinski definition) is 2. The number of nitrogens with zero attached hydrogens (tertiary/aromatic N) is 2. The van der Waals surface area contributed by atoms with Gasteiger partial charge in [-0.25, -0.2) is 0 Å². The molecule has 118 valence electrons. The van der Waals surface area contributed by atoms with Crippen LogP contribution in [0.3, 0.4) is 0 Å². The van der Waals surface area contributed by atoms with E-state index in [1.807, 2.05) is 7.05 Å². The smallest absolute Gasteiger partial charge is 0.191 e. The summed E-state index contributed by atoms with van der Waals surface area (Å²) in [6.45, 7) is 5.23. The number of hydrogen-bond acceptors (Lipinski definition) is 2. The van der Waals surface area contributed by atoms with E-state index in [1.54, 1.807) is 0 Å². The maximum absolute atomic E-state index is 4.27. The molecule has 0 radical (unpaired) electrons. The van der Waals surface area contributed by atoms with Crippen molar-refractivity contribution in [3.8, 4) is 0 Å². The summed E-state index contributed by atoms with van der Waals surface area (Å²) in [6.07, 6.45) is 2.25. The zero-order valence-corrected chi connectivity index (χ0v) is 16.5. The van der Waals surface area contributed by atoms with Gasteiger partial charge in [-0.05, 0) is 37.1 Å². The van der Waals surface area contributed by atoms with Crippen molar-refractivity contribution in [1.29, 1.82) is 0 Å². The van der Waals surface area contributed by atoms with E-state index in [1.165, 1.54) is 5.69 Å².